The molecule has 8 aliphatic rings. The second kappa shape index (κ2) is 10.4. The minimum Gasteiger partial charge on any atom is -0.0651 e. The van der Waals surface area contributed by atoms with E-state index in [1.807, 2.05) is 0 Å². The normalized spacial score (nSPS) is 57.9. The van der Waals surface area contributed by atoms with Crippen molar-refractivity contribution < 1.29 is 0 Å². The van der Waals surface area contributed by atoms with Crippen molar-refractivity contribution in [3.63, 3.8) is 0 Å². The van der Waals surface area contributed by atoms with Gasteiger partial charge in [0.2, 0.25) is 0 Å². The summed E-state index contributed by atoms with van der Waals surface area (Å²) in [7, 11) is 0. The van der Waals surface area contributed by atoms with E-state index in [0.717, 1.165) is 94.7 Å². The monoisotopic (exact) mass is 518 g/mol. The average Bonchev–Trinajstić information content (AvgIpc) is 3.51. The summed E-state index contributed by atoms with van der Waals surface area (Å²) in [5.74, 6) is 18.3. The van der Waals surface area contributed by atoms with E-state index in [0.29, 0.717) is 0 Å². The third-order valence-electron chi connectivity index (χ3n) is 16.1. The lowest BCUT2D eigenvalue weighted by atomic mass is 9.49. The summed E-state index contributed by atoms with van der Waals surface area (Å²) in [6, 6.07) is 0. The smallest absolute Gasteiger partial charge is 0.0380 e. The summed E-state index contributed by atoms with van der Waals surface area (Å²) < 4.78 is 0. The van der Waals surface area contributed by atoms with Gasteiger partial charge in [-0.3, -0.25) is 0 Å². The average molecular weight is 519 g/mol. The Balaban J connectivity index is 0.692. The molecular weight excluding hydrogens is 456 g/mol. The molecule has 0 radical (unpaired) electrons. The molecule has 0 heteroatoms. The van der Waals surface area contributed by atoms with Gasteiger partial charge < -0.3 is 0 Å². The third kappa shape index (κ3) is 4.69. The van der Waals surface area contributed by atoms with Gasteiger partial charge in [-0.25, -0.2) is 0 Å². The minimum absolute atomic E-state index is 1.04. The topological polar surface area (TPSA) is 0 Å². The van der Waals surface area contributed by atoms with Crippen LogP contribution in [-0.2, 0) is 0 Å². The lowest BCUT2D eigenvalue weighted by Gasteiger charge is -2.56. The number of rotatable bonds is 8. The maximum absolute atomic E-state index is 2.50. The zero-order valence-electron chi connectivity index (χ0n) is 25.4. The molecule has 8 aliphatic carbocycles. The van der Waals surface area contributed by atoms with Crippen LogP contribution in [0.2, 0.25) is 0 Å². The molecule has 8 saturated carbocycles. The van der Waals surface area contributed by atoms with Crippen LogP contribution in [0.15, 0.2) is 0 Å². The second-order valence-electron chi connectivity index (χ2n) is 17.8. The Morgan fingerprint density at radius 1 is 0.316 bits per heavy atom. The Hall–Kier alpha value is 0. The van der Waals surface area contributed by atoms with Crippen LogP contribution in [-0.4, -0.2) is 0 Å². The van der Waals surface area contributed by atoms with Crippen LogP contribution in [0, 0.1) is 94.7 Å². The summed E-state index contributed by atoms with van der Waals surface area (Å²) >= 11 is 0. The largest absolute Gasteiger partial charge is 0.0651 e. The van der Waals surface area contributed by atoms with Gasteiger partial charge in [-0.15, -0.1) is 0 Å². The molecule has 8 rings (SSSR count). The maximum atomic E-state index is 2.50. The summed E-state index contributed by atoms with van der Waals surface area (Å²) in [5.41, 5.74) is 0. The Morgan fingerprint density at radius 3 is 0.947 bits per heavy atom. The minimum atomic E-state index is 1.04. The van der Waals surface area contributed by atoms with Crippen LogP contribution >= 0.6 is 0 Å². The van der Waals surface area contributed by atoms with Crippen molar-refractivity contribution in [2.24, 2.45) is 94.7 Å². The van der Waals surface area contributed by atoms with E-state index < -0.39 is 0 Å². The highest BCUT2D eigenvalue weighted by atomic mass is 14.6. The standard InChI is InChI=1S/C38H62/c1-3-24-5-7-26(11-24)30-15-33(16-30)35-19-37(20-35)38-21-36(22-38)34-17-32(18-34)28-9-8-27(12-28)31-13-29(14-31)25-6-4-23(2)10-25/h23-38H,3-22H2,1-2H3. The zero-order valence-corrected chi connectivity index (χ0v) is 25.4. The number of hydrogen-bond donors (Lipinski definition) is 0. The van der Waals surface area contributed by atoms with Crippen LogP contribution in [0.3, 0.4) is 0 Å². The SMILES string of the molecule is CCC1CCC(C2CC(C3CC(C4CC(C5CC(C6CCC(C7CC(C8CCC(C)C8)C7)C6)C5)C4)C3)C2)C1. The lowest BCUT2D eigenvalue weighted by Crippen LogP contribution is -2.47. The molecule has 0 nitrogen and oxygen atoms in total. The molecule has 8 fully saturated rings. The summed E-state index contributed by atoms with van der Waals surface area (Å²) in [5, 5.41) is 0. The van der Waals surface area contributed by atoms with Gasteiger partial charge in [0.25, 0.3) is 0 Å². The van der Waals surface area contributed by atoms with E-state index in [4.69, 9.17) is 0 Å². The molecular formula is C38H62. The molecule has 6 unspecified atom stereocenters. The first-order chi connectivity index (χ1) is 18.6. The molecule has 0 spiro atoms. The molecule has 0 amide bonds. The van der Waals surface area contributed by atoms with Crippen molar-refractivity contribution in [3.8, 4) is 0 Å². The Labute approximate surface area is 236 Å². The van der Waals surface area contributed by atoms with Gasteiger partial charge in [-0.05, 0) is 204 Å². The lowest BCUT2D eigenvalue weighted by molar-refractivity contribution is -0.0603. The fourth-order valence-corrected chi connectivity index (χ4v) is 12.9. The van der Waals surface area contributed by atoms with Gasteiger partial charge in [0.1, 0.15) is 0 Å². The Morgan fingerprint density at radius 2 is 0.605 bits per heavy atom. The molecule has 0 bridgehead atoms. The molecule has 0 aliphatic heterocycles. The zero-order chi connectivity index (χ0) is 25.4. The van der Waals surface area contributed by atoms with E-state index in [-0.39, 0.29) is 0 Å². The van der Waals surface area contributed by atoms with E-state index in [1.165, 1.54) is 12.8 Å². The first-order valence-electron chi connectivity index (χ1n) is 18.6. The highest BCUT2D eigenvalue weighted by molar-refractivity contribution is 5.02. The predicted molar refractivity (Wildman–Crippen MR) is 160 cm³/mol. The van der Waals surface area contributed by atoms with Crippen molar-refractivity contribution in [1.29, 1.82) is 0 Å². The quantitative estimate of drug-likeness (QED) is 0.300. The van der Waals surface area contributed by atoms with Gasteiger partial charge in [-0.2, -0.15) is 0 Å². The van der Waals surface area contributed by atoms with E-state index in [2.05, 4.69) is 13.8 Å². The van der Waals surface area contributed by atoms with Crippen LogP contribution in [0.25, 0.3) is 0 Å². The van der Waals surface area contributed by atoms with Gasteiger partial charge in [-0.1, -0.05) is 33.1 Å². The third-order valence-corrected chi connectivity index (χ3v) is 16.1. The van der Waals surface area contributed by atoms with Crippen LogP contribution < -0.4 is 0 Å². The molecule has 214 valence electrons. The fourth-order valence-electron chi connectivity index (χ4n) is 12.9. The molecule has 0 saturated heterocycles. The maximum Gasteiger partial charge on any atom is -0.0380 e. The van der Waals surface area contributed by atoms with Crippen molar-refractivity contribution in [3.05, 3.63) is 0 Å². The predicted octanol–water partition coefficient (Wildman–Crippen LogP) is 10.8. The molecule has 0 aromatic heterocycles. The molecule has 6 atom stereocenters. The van der Waals surface area contributed by atoms with Crippen molar-refractivity contribution in [2.45, 2.75) is 142 Å². The van der Waals surface area contributed by atoms with E-state index in [9.17, 15) is 0 Å². The Bertz CT molecular complexity index is 798. The highest BCUT2D eigenvalue weighted by Gasteiger charge is 2.52. The van der Waals surface area contributed by atoms with Gasteiger partial charge >= 0.3 is 0 Å². The fraction of sp³-hybridized carbons (Fsp3) is 1.00. The van der Waals surface area contributed by atoms with Crippen molar-refractivity contribution in [2.75, 3.05) is 0 Å². The molecule has 0 aromatic rings. The summed E-state index contributed by atoms with van der Waals surface area (Å²) in [6.07, 6.45) is 32.2. The van der Waals surface area contributed by atoms with Crippen LogP contribution in [0.5, 0.6) is 0 Å². The first-order valence-corrected chi connectivity index (χ1v) is 18.6. The van der Waals surface area contributed by atoms with Gasteiger partial charge in [0, 0.05) is 0 Å². The van der Waals surface area contributed by atoms with Gasteiger partial charge in [0.05, 0.1) is 0 Å². The van der Waals surface area contributed by atoms with Crippen LogP contribution in [0.1, 0.15) is 142 Å². The van der Waals surface area contributed by atoms with Crippen molar-refractivity contribution >= 4 is 0 Å². The second-order valence-corrected chi connectivity index (χ2v) is 17.8. The van der Waals surface area contributed by atoms with E-state index in [1.54, 1.807) is 116 Å². The van der Waals surface area contributed by atoms with E-state index >= 15 is 0 Å². The molecule has 38 heavy (non-hydrogen) atoms. The highest BCUT2D eigenvalue weighted by Crippen LogP contribution is 2.62. The van der Waals surface area contributed by atoms with Gasteiger partial charge in [0.15, 0.2) is 0 Å². The molecule has 0 heterocycles. The van der Waals surface area contributed by atoms with Crippen molar-refractivity contribution in [1.82, 2.24) is 0 Å². The summed E-state index contributed by atoms with van der Waals surface area (Å²) in [6.45, 7) is 4.92. The van der Waals surface area contributed by atoms with Crippen LogP contribution in [0.4, 0.5) is 0 Å². The molecule has 0 N–H and O–H groups in total. The first kappa shape index (κ1) is 25.7. The number of hydrogen-bond acceptors (Lipinski definition) is 0. The molecule has 0 aromatic carbocycles. The Kier molecular flexibility index (Phi) is 7.01. The summed E-state index contributed by atoms with van der Waals surface area (Å²) in [4.78, 5) is 0.